The van der Waals surface area contributed by atoms with Crippen molar-refractivity contribution in [3.8, 4) is 0 Å². The molecule has 0 radical (unpaired) electrons. The molecule has 4 rings (SSSR count). The lowest BCUT2D eigenvalue weighted by atomic mass is 10.0. The summed E-state index contributed by atoms with van der Waals surface area (Å²) >= 11 is 0. The minimum atomic E-state index is 0. The summed E-state index contributed by atoms with van der Waals surface area (Å²) in [6.07, 6.45) is 3.09. The van der Waals surface area contributed by atoms with Gasteiger partial charge in [0.2, 0.25) is 0 Å². The lowest BCUT2D eigenvalue weighted by Gasteiger charge is -2.33. The Morgan fingerprint density at radius 1 is 1.10 bits per heavy atom. The van der Waals surface area contributed by atoms with Crippen LogP contribution in [0.2, 0.25) is 0 Å². The third-order valence-electron chi connectivity index (χ3n) is 5.58. The van der Waals surface area contributed by atoms with Crippen molar-refractivity contribution in [2.24, 2.45) is 4.99 Å². The van der Waals surface area contributed by atoms with Crippen LogP contribution in [0, 0.1) is 0 Å². The SMILES string of the molecule is CCNC(=NCCc1nc2ccccc2[nH]1)NC1CCN(Cc2ccccc2)CC1.I. The Hall–Kier alpha value is -2.13. The minimum Gasteiger partial charge on any atom is -0.357 e. The monoisotopic (exact) mass is 532 g/mol. The summed E-state index contributed by atoms with van der Waals surface area (Å²) in [6.45, 7) is 6.96. The average molecular weight is 532 g/mol. The highest BCUT2D eigenvalue weighted by Crippen LogP contribution is 2.14. The number of nitrogens with one attached hydrogen (secondary N) is 3. The number of H-pyrrole nitrogens is 1. The smallest absolute Gasteiger partial charge is 0.191 e. The van der Waals surface area contributed by atoms with Gasteiger partial charge in [-0.05, 0) is 37.5 Å². The van der Waals surface area contributed by atoms with Crippen LogP contribution in [-0.4, -0.2) is 53.0 Å². The van der Waals surface area contributed by atoms with E-state index >= 15 is 0 Å². The third-order valence-corrected chi connectivity index (χ3v) is 5.58. The number of guanidine groups is 1. The van der Waals surface area contributed by atoms with Gasteiger partial charge in [-0.15, -0.1) is 24.0 Å². The van der Waals surface area contributed by atoms with Crippen LogP contribution in [0.5, 0.6) is 0 Å². The Morgan fingerprint density at radius 2 is 1.84 bits per heavy atom. The molecule has 1 aromatic heterocycles. The topological polar surface area (TPSA) is 68.3 Å². The fraction of sp³-hybridized carbons (Fsp3) is 0.417. The number of likely N-dealkylation sites (tertiary alicyclic amines) is 1. The van der Waals surface area contributed by atoms with Crippen molar-refractivity contribution in [1.82, 2.24) is 25.5 Å². The maximum Gasteiger partial charge on any atom is 0.191 e. The van der Waals surface area contributed by atoms with Crippen molar-refractivity contribution in [2.75, 3.05) is 26.2 Å². The van der Waals surface area contributed by atoms with Crippen LogP contribution in [-0.2, 0) is 13.0 Å². The Morgan fingerprint density at radius 3 is 2.58 bits per heavy atom. The lowest BCUT2D eigenvalue weighted by Crippen LogP contribution is -2.48. The molecule has 1 fully saturated rings. The van der Waals surface area contributed by atoms with E-state index in [-0.39, 0.29) is 24.0 Å². The molecule has 3 aromatic rings. The third kappa shape index (κ3) is 6.93. The van der Waals surface area contributed by atoms with Gasteiger partial charge in [-0.25, -0.2) is 4.98 Å². The number of imidazole rings is 1. The van der Waals surface area contributed by atoms with Gasteiger partial charge in [0.1, 0.15) is 5.82 Å². The molecular formula is C24H33IN6. The van der Waals surface area contributed by atoms with Gasteiger partial charge in [0.05, 0.1) is 11.0 Å². The standard InChI is InChI=1S/C24H32N6.HI/c1-2-25-24(26-15-12-23-28-21-10-6-7-11-22(21)29-23)27-20-13-16-30(17-14-20)18-19-8-4-3-5-9-19;/h3-11,20H,2,12-18H2,1H3,(H,28,29)(H2,25,26,27);1H. The van der Waals surface area contributed by atoms with Gasteiger partial charge < -0.3 is 15.6 Å². The number of hydrogen-bond donors (Lipinski definition) is 3. The molecule has 3 N–H and O–H groups in total. The molecule has 1 aliphatic heterocycles. The van der Waals surface area contributed by atoms with Crippen molar-refractivity contribution in [3.63, 3.8) is 0 Å². The Labute approximate surface area is 202 Å². The van der Waals surface area contributed by atoms with Crippen LogP contribution in [0.4, 0.5) is 0 Å². The number of piperidine rings is 1. The Kier molecular flexibility index (Phi) is 9.14. The van der Waals surface area contributed by atoms with Gasteiger partial charge in [-0.1, -0.05) is 42.5 Å². The molecule has 31 heavy (non-hydrogen) atoms. The van der Waals surface area contributed by atoms with Crippen LogP contribution >= 0.6 is 24.0 Å². The first-order valence-electron chi connectivity index (χ1n) is 11.0. The number of aliphatic imine (C=N–C) groups is 1. The number of benzene rings is 2. The number of aromatic nitrogens is 2. The number of halogens is 1. The lowest BCUT2D eigenvalue weighted by molar-refractivity contribution is 0.198. The van der Waals surface area contributed by atoms with Gasteiger partial charge in [-0.3, -0.25) is 9.89 Å². The quantitative estimate of drug-likeness (QED) is 0.245. The van der Waals surface area contributed by atoms with Gasteiger partial charge in [-0.2, -0.15) is 0 Å². The molecule has 0 spiro atoms. The van der Waals surface area contributed by atoms with Crippen LogP contribution < -0.4 is 10.6 Å². The number of hydrogen-bond acceptors (Lipinski definition) is 3. The molecule has 2 heterocycles. The fourth-order valence-corrected chi connectivity index (χ4v) is 3.99. The molecule has 0 unspecified atom stereocenters. The van der Waals surface area contributed by atoms with E-state index in [1.54, 1.807) is 0 Å². The predicted molar refractivity (Wildman–Crippen MR) is 139 cm³/mol. The Bertz CT molecular complexity index is 914. The van der Waals surface area contributed by atoms with E-state index in [1.807, 2.05) is 18.2 Å². The summed E-state index contributed by atoms with van der Waals surface area (Å²) in [5, 5.41) is 7.02. The largest absolute Gasteiger partial charge is 0.357 e. The van der Waals surface area contributed by atoms with E-state index in [1.165, 1.54) is 5.56 Å². The first-order valence-corrected chi connectivity index (χ1v) is 11.0. The molecule has 0 saturated carbocycles. The number of para-hydroxylation sites is 2. The van der Waals surface area contributed by atoms with Crippen molar-refractivity contribution in [3.05, 3.63) is 66.0 Å². The van der Waals surface area contributed by atoms with E-state index < -0.39 is 0 Å². The van der Waals surface area contributed by atoms with Crippen LogP contribution in [0.25, 0.3) is 11.0 Å². The van der Waals surface area contributed by atoms with Crippen LogP contribution in [0.1, 0.15) is 31.2 Å². The van der Waals surface area contributed by atoms with Gasteiger partial charge in [0.15, 0.2) is 5.96 Å². The summed E-state index contributed by atoms with van der Waals surface area (Å²) < 4.78 is 0. The van der Waals surface area contributed by atoms with Gasteiger partial charge in [0.25, 0.3) is 0 Å². The molecule has 6 nitrogen and oxygen atoms in total. The van der Waals surface area contributed by atoms with E-state index in [9.17, 15) is 0 Å². The second-order valence-electron chi connectivity index (χ2n) is 7.89. The second kappa shape index (κ2) is 12.0. The first-order chi connectivity index (χ1) is 14.8. The number of rotatable bonds is 7. The number of nitrogens with zero attached hydrogens (tertiary/aromatic N) is 3. The zero-order chi connectivity index (χ0) is 20.6. The summed E-state index contributed by atoms with van der Waals surface area (Å²) in [6, 6.07) is 19.4. The van der Waals surface area contributed by atoms with Gasteiger partial charge in [0, 0.05) is 45.2 Å². The van der Waals surface area contributed by atoms with Crippen LogP contribution in [0.3, 0.4) is 0 Å². The van der Waals surface area contributed by atoms with Crippen molar-refractivity contribution < 1.29 is 0 Å². The van der Waals surface area contributed by atoms with Crippen molar-refractivity contribution >= 4 is 41.0 Å². The van der Waals surface area contributed by atoms with E-state index in [0.717, 1.165) is 68.3 Å². The highest BCUT2D eigenvalue weighted by atomic mass is 127. The molecule has 166 valence electrons. The molecule has 1 aliphatic rings. The van der Waals surface area contributed by atoms with E-state index in [2.05, 4.69) is 68.8 Å². The van der Waals surface area contributed by atoms with E-state index in [4.69, 9.17) is 4.99 Å². The maximum atomic E-state index is 4.78. The summed E-state index contributed by atoms with van der Waals surface area (Å²) in [5.74, 6) is 1.90. The minimum absolute atomic E-state index is 0. The van der Waals surface area contributed by atoms with Gasteiger partial charge >= 0.3 is 0 Å². The summed E-state index contributed by atoms with van der Waals surface area (Å²) in [7, 11) is 0. The normalized spacial score (nSPS) is 15.6. The first kappa shape index (κ1) is 23.5. The molecule has 0 atom stereocenters. The molecule has 0 amide bonds. The number of aromatic amines is 1. The fourth-order valence-electron chi connectivity index (χ4n) is 3.99. The van der Waals surface area contributed by atoms with E-state index in [0.29, 0.717) is 12.6 Å². The average Bonchev–Trinajstić information content (AvgIpc) is 3.19. The predicted octanol–water partition coefficient (Wildman–Crippen LogP) is 3.94. The van der Waals surface area contributed by atoms with Crippen molar-refractivity contribution in [2.45, 2.75) is 38.8 Å². The zero-order valence-electron chi connectivity index (χ0n) is 18.2. The Balaban J connectivity index is 0.00000272. The van der Waals surface area contributed by atoms with Crippen LogP contribution in [0.15, 0.2) is 59.6 Å². The molecule has 0 bridgehead atoms. The zero-order valence-corrected chi connectivity index (χ0v) is 20.5. The molecule has 0 aliphatic carbocycles. The maximum absolute atomic E-state index is 4.78. The molecule has 2 aromatic carbocycles. The van der Waals surface area contributed by atoms with Crippen molar-refractivity contribution in [1.29, 1.82) is 0 Å². The highest BCUT2D eigenvalue weighted by molar-refractivity contribution is 14.0. The number of fused-ring (bicyclic) bond motifs is 1. The summed E-state index contributed by atoms with van der Waals surface area (Å²) in [5.41, 5.74) is 3.50. The molecular weight excluding hydrogens is 499 g/mol. The highest BCUT2D eigenvalue weighted by Gasteiger charge is 2.20. The molecule has 1 saturated heterocycles. The summed E-state index contributed by atoms with van der Waals surface area (Å²) in [4.78, 5) is 15.3. The second-order valence-corrected chi connectivity index (χ2v) is 7.89. The molecule has 7 heteroatoms.